The van der Waals surface area contributed by atoms with Crippen LogP contribution >= 0.6 is 0 Å². The average molecular weight is 248 g/mol. The molecule has 0 saturated heterocycles. The molecule has 1 unspecified atom stereocenters. The van der Waals surface area contributed by atoms with Gasteiger partial charge in [-0.05, 0) is 62.1 Å². The molecule has 1 aliphatic rings. The number of hydrogen-bond acceptors (Lipinski definition) is 2. The van der Waals surface area contributed by atoms with Gasteiger partial charge in [-0.3, -0.25) is 0 Å². The fourth-order valence-electron chi connectivity index (χ4n) is 2.77. The second kappa shape index (κ2) is 5.85. The molecule has 1 aromatic carbocycles. The summed E-state index contributed by atoms with van der Waals surface area (Å²) < 4.78 is 5.05. The molecule has 1 aliphatic carbocycles. The van der Waals surface area contributed by atoms with E-state index in [4.69, 9.17) is 4.74 Å². The van der Waals surface area contributed by atoms with Gasteiger partial charge in [0.15, 0.2) is 0 Å². The largest absolute Gasteiger partial charge is 0.385 e. The van der Waals surface area contributed by atoms with Crippen LogP contribution in [0.2, 0.25) is 0 Å². The van der Waals surface area contributed by atoms with Crippen molar-refractivity contribution >= 4 is 0 Å². The number of aryl methyl sites for hydroxylation is 2. The lowest BCUT2D eigenvalue weighted by atomic mass is 9.85. The van der Waals surface area contributed by atoms with Crippen LogP contribution in [0, 0.1) is 0 Å². The number of aliphatic hydroxyl groups is 1. The van der Waals surface area contributed by atoms with Crippen molar-refractivity contribution in [2.75, 3.05) is 13.7 Å². The minimum atomic E-state index is -0.731. The quantitative estimate of drug-likeness (QED) is 0.811. The maximum Gasteiger partial charge on any atom is 0.0869 e. The second-order valence-corrected chi connectivity index (χ2v) is 5.56. The highest BCUT2D eigenvalue weighted by atomic mass is 16.5. The fourth-order valence-corrected chi connectivity index (χ4v) is 2.77. The SMILES string of the molecule is COCCCC(C)(O)c1ccc2c(c1)CCCC2. The minimum absolute atomic E-state index is 0.709. The number of methoxy groups -OCH3 is 1. The molecule has 1 atom stereocenters. The minimum Gasteiger partial charge on any atom is -0.385 e. The van der Waals surface area contributed by atoms with Gasteiger partial charge in [0.2, 0.25) is 0 Å². The lowest BCUT2D eigenvalue weighted by molar-refractivity contribution is 0.0372. The Balaban J connectivity index is 2.11. The first kappa shape index (κ1) is 13.6. The van der Waals surface area contributed by atoms with Crippen molar-refractivity contribution in [1.82, 2.24) is 0 Å². The molecule has 0 amide bonds. The Bertz CT molecular complexity index is 396. The van der Waals surface area contributed by atoms with Crippen LogP contribution < -0.4 is 0 Å². The van der Waals surface area contributed by atoms with Crippen molar-refractivity contribution in [2.24, 2.45) is 0 Å². The zero-order valence-electron chi connectivity index (χ0n) is 11.5. The third-order valence-corrected chi connectivity index (χ3v) is 3.98. The first-order chi connectivity index (χ1) is 8.63. The van der Waals surface area contributed by atoms with E-state index < -0.39 is 5.60 Å². The highest BCUT2D eigenvalue weighted by Crippen LogP contribution is 2.30. The number of hydrogen-bond donors (Lipinski definition) is 1. The highest BCUT2D eigenvalue weighted by molar-refractivity contribution is 5.36. The van der Waals surface area contributed by atoms with Gasteiger partial charge in [0.1, 0.15) is 0 Å². The van der Waals surface area contributed by atoms with E-state index in [2.05, 4.69) is 18.2 Å². The molecule has 1 N–H and O–H groups in total. The van der Waals surface area contributed by atoms with Gasteiger partial charge in [0, 0.05) is 13.7 Å². The molecule has 0 heterocycles. The number of ether oxygens (including phenoxy) is 1. The van der Waals surface area contributed by atoms with Gasteiger partial charge < -0.3 is 9.84 Å². The van der Waals surface area contributed by atoms with Crippen LogP contribution in [0.4, 0.5) is 0 Å². The molecule has 0 aliphatic heterocycles. The molecule has 0 spiro atoms. The molecule has 2 rings (SSSR count). The van der Waals surface area contributed by atoms with E-state index in [0.29, 0.717) is 6.61 Å². The molecule has 2 nitrogen and oxygen atoms in total. The summed E-state index contributed by atoms with van der Waals surface area (Å²) in [6.45, 7) is 2.62. The molecule has 1 aromatic rings. The molecule has 100 valence electrons. The Morgan fingerprint density at radius 3 is 2.67 bits per heavy atom. The van der Waals surface area contributed by atoms with Crippen LogP contribution in [0.1, 0.15) is 49.3 Å². The molecule has 0 radical (unpaired) electrons. The van der Waals surface area contributed by atoms with Crippen LogP contribution in [-0.2, 0) is 23.2 Å². The molecular formula is C16H24O2. The Hall–Kier alpha value is -0.860. The van der Waals surface area contributed by atoms with Gasteiger partial charge in [-0.15, -0.1) is 0 Å². The van der Waals surface area contributed by atoms with Crippen molar-refractivity contribution in [2.45, 2.75) is 51.0 Å². The predicted molar refractivity (Wildman–Crippen MR) is 73.8 cm³/mol. The van der Waals surface area contributed by atoms with Crippen LogP contribution in [0.5, 0.6) is 0 Å². The smallest absolute Gasteiger partial charge is 0.0869 e. The summed E-state index contributed by atoms with van der Waals surface area (Å²) >= 11 is 0. The van der Waals surface area contributed by atoms with Crippen LogP contribution in [0.3, 0.4) is 0 Å². The van der Waals surface area contributed by atoms with Crippen LogP contribution in [0.15, 0.2) is 18.2 Å². The zero-order chi connectivity index (χ0) is 13.0. The molecule has 0 fully saturated rings. The van der Waals surface area contributed by atoms with Gasteiger partial charge in [-0.25, -0.2) is 0 Å². The molecular weight excluding hydrogens is 224 g/mol. The Morgan fingerprint density at radius 2 is 1.94 bits per heavy atom. The number of fused-ring (bicyclic) bond motifs is 1. The summed E-state index contributed by atoms with van der Waals surface area (Å²) in [6.07, 6.45) is 6.58. The normalized spacial score (nSPS) is 18.2. The Kier molecular flexibility index (Phi) is 4.41. The first-order valence-electron chi connectivity index (χ1n) is 6.97. The lowest BCUT2D eigenvalue weighted by Crippen LogP contribution is -2.22. The first-order valence-corrected chi connectivity index (χ1v) is 6.97. The summed E-state index contributed by atoms with van der Waals surface area (Å²) in [5, 5.41) is 10.6. The Morgan fingerprint density at radius 1 is 1.22 bits per heavy atom. The van der Waals surface area contributed by atoms with E-state index >= 15 is 0 Å². The standard InChI is InChI=1S/C16H24O2/c1-16(17,10-5-11-18-2)15-9-8-13-6-3-4-7-14(13)12-15/h8-9,12,17H,3-7,10-11H2,1-2H3. The van der Waals surface area contributed by atoms with Crippen molar-refractivity contribution in [1.29, 1.82) is 0 Å². The summed E-state index contributed by atoms with van der Waals surface area (Å²) in [5.74, 6) is 0. The zero-order valence-corrected chi connectivity index (χ0v) is 11.5. The number of benzene rings is 1. The fraction of sp³-hybridized carbons (Fsp3) is 0.625. The second-order valence-electron chi connectivity index (χ2n) is 5.56. The van der Waals surface area contributed by atoms with E-state index in [9.17, 15) is 5.11 Å². The van der Waals surface area contributed by atoms with Crippen molar-refractivity contribution in [3.05, 3.63) is 34.9 Å². The van der Waals surface area contributed by atoms with Crippen molar-refractivity contribution in [3.63, 3.8) is 0 Å². The van der Waals surface area contributed by atoms with Crippen LogP contribution in [-0.4, -0.2) is 18.8 Å². The Labute approximate surface area is 110 Å². The summed E-state index contributed by atoms with van der Waals surface area (Å²) in [7, 11) is 1.70. The molecule has 18 heavy (non-hydrogen) atoms. The van der Waals surface area contributed by atoms with Crippen molar-refractivity contribution < 1.29 is 9.84 Å². The number of rotatable bonds is 5. The third-order valence-electron chi connectivity index (χ3n) is 3.98. The average Bonchev–Trinajstić information content (AvgIpc) is 2.38. The summed E-state index contributed by atoms with van der Waals surface area (Å²) in [5.41, 5.74) is 3.23. The lowest BCUT2D eigenvalue weighted by Gasteiger charge is -2.26. The maximum absolute atomic E-state index is 10.6. The van der Waals surface area contributed by atoms with E-state index in [0.717, 1.165) is 24.8 Å². The monoisotopic (exact) mass is 248 g/mol. The molecule has 2 heteroatoms. The topological polar surface area (TPSA) is 29.5 Å². The predicted octanol–water partition coefficient (Wildman–Crippen LogP) is 3.20. The van der Waals surface area contributed by atoms with Gasteiger partial charge in [0.05, 0.1) is 5.60 Å². The molecule has 0 saturated carbocycles. The molecule has 0 bridgehead atoms. The van der Waals surface area contributed by atoms with Crippen LogP contribution in [0.25, 0.3) is 0 Å². The maximum atomic E-state index is 10.6. The van der Waals surface area contributed by atoms with E-state index in [1.165, 1.54) is 30.4 Å². The van der Waals surface area contributed by atoms with Gasteiger partial charge in [0.25, 0.3) is 0 Å². The third kappa shape index (κ3) is 3.12. The van der Waals surface area contributed by atoms with Crippen molar-refractivity contribution in [3.8, 4) is 0 Å². The van der Waals surface area contributed by atoms with Gasteiger partial charge in [-0.2, -0.15) is 0 Å². The van der Waals surface area contributed by atoms with Gasteiger partial charge >= 0.3 is 0 Å². The van der Waals surface area contributed by atoms with Gasteiger partial charge in [-0.1, -0.05) is 18.2 Å². The summed E-state index contributed by atoms with van der Waals surface area (Å²) in [6, 6.07) is 6.51. The van der Waals surface area contributed by atoms with E-state index in [-0.39, 0.29) is 0 Å². The van der Waals surface area contributed by atoms with E-state index in [1.54, 1.807) is 7.11 Å². The molecule has 0 aromatic heterocycles. The highest BCUT2D eigenvalue weighted by Gasteiger charge is 2.23. The summed E-state index contributed by atoms with van der Waals surface area (Å²) in [4.78, 5) is 0. The van der Waals surface area contributed by atoms with E-state index in [1.807, 2.05) is 6.92 Å².